The monoisotopic (exact) mass is 916 g/mol. The summed E-state index contributed by atoms with van der Waals surface area (Å²) in [7, 11) is 1.27. The van der Waals surface area contributed by atoms with E-state index in [2.05, 4.69) is 16.0 Å². The summed E-state index contributed by atoms with van der Waals surface area (Å²) >= 11 is 0. The number of nitro groups is 1. The van der Waals surface area contributed by atoms with E-state index in [1.54, 1.807) is 12.1 Å². The molecule has 68 heavy (non-hydrogen) atoms. The van der Waals surface area contributed by atoms with Gasteiger partial charge in [0, 0.05) is 28.8 Å². The first kappa shape index (κ1) is 47.2. The van der Waals surface area contributed by atoms with Gasteiger partial charge in [-0.05, 0) is 109 Å². The van der Waals surface area contributed by atoms with Gasteiger partial charge in [-0.25, -0.2) is 4.79 Å². The fraction of sp³-hybridized carbons (Fsp3) is 0.170. The van der Waals surface area contributed by atoms with Crippen molar-refractivity contribution < 1.29 is 47.8 Å². The van der Waals surface area contributed by atoms with Crippen molar-refractivity contribution in [1.82, 2.24) is 0 Å². The van der Waals surface area contributed by atoms with E-state index in [0.29, 0.717) is 12.1 Å². The van der Waals surface area contributed by atoms with Crippen molar-refractivity contribution in [2.45, 2.75) is 46.5 Å². The van der Waals surface area contributed by atoms with E-state index >= 15 is 0 Å². The second-order valence-corrected chi connectivity index (χ2v) is 15.7. The summed E-state index contributed by atoms with van der Waals surface area (Å²) in [5, 5.41) is 22.3. The molecule has 15 nitrogen and oxygen atoms in total. The number of benzene rings is 7. The number of carbonyl (C=O) groups excluding carboxylic acids is 4. The van der Waals surface area contributed by atoms with Crippen molar-refractivity contribution in [1.29, 1.82) is 0 Å². The van der Waals surface area contributed by atoms with Crippen molar-refractivity contribution in [3.8, 4) is 23.0 Å². The van der Waals surface area contributed by atoms with Crippen LogP contribution in [0.1, 0.15) is 79.8 Å². The average molecular weight is 917 g/mol. The number of rotatable bonds is 19. The number of nitrogens with one attached hydrogen (secondary N) is 3. The van der Waals surface area contributed by atoms with Crippen LogP contribution in [-0.4, -0.2) is 48.4 Å². The Hall–Kier alpha value is -8.72. The zero-order valence-corrected chi connectivity index (χ0v) is 37.7. The number of ether oxygens (including phenoxy) is 5. The van der Waals surface area contributed by atoms with Crippen LogP contribution in [0, 0.1) is 10.1 Å². The molecule has 7 rings (SSSR count). The highest BCUT2D eigenvalue weighted by Gasteiger charge is 2.22. The largest absolute Gasteiger partial charge is 0.489 e. The predicted molar refractivity (Wildman–Crippen MR) is 258 cm³/mol. The number of hydrogen-bond donors (Lipinski definition) is 3. The smallest absolute Gasteiger partial charge is 0.337 e. The van der Waals surface area contributed by atoms with E-state index in [1.165, 1.54) is 67.8 Å². The van der Waals surface area contributed by atoms with Gasteiger partial charge < -0.3 is 39.6 Å². The third-order valence-electron chi connectivity index (χ3n) is 10.3. The zero-order chi connectivity index (χ0) is 48.2. The Kier molecular flexibility index (Phi) is 15.3. The average Bonchev–Trinajstić information content (AvgIpc) is 3.35. The maximum Gasteiger partial charge on any atom is 0.337 e. The molecule has 0 aliphatic carbocycles. The number of nitrogens with zero attached hydrogens (tertiary/aromatic N) is 1. The molecule has 0 spiro atoms. The predicted octanol–water partition coefficient (Wildman–Crippen LogP) is 11.0. The number of nitro benzene ring substituents is 1. The van der Waals surface area contributed by atoms with Crippen LogP contribution in [0.15, 0.2) is 146 Å². The van der Waals surface area contributed by atoms with Crippen LogP contribution in [0.3, 0.4) is 0 Å². The molecule has 3 amide bonds. The quantitative estimate of drug-likeness (QED) is 0.0397. The van der Waals surface area contributed by atoms with Crippen LogP contribution in [0.4, 0.5) is 22.7 Å². The van der Waals surface area contributed by atoms with Crippen molar-refractivity contribution in [3.05, 3.63) is 189 Å². The van der Waals surface area contributed by atoms with Crippen LogP contribution in [0.25, 0.3) is 10.8 Å². The van der Waals surface area contributed by atoms with Crippen LogP contribution < -0.4 is 34.9 Å². The first-order valence-corrected chi connectivity index (χ1v) is 21.7. The van der Waals surface area contributed by atoms with Gasteiger partial charge >= 0.3 is 11.7 Å². The molecule has 0 fully saturated rings. The van der Waals surface area contributed by atoms with E-state index in [-0.39, 0.29) is 88.2 Å². The molecule has 0 heterocycles. The van der Waals surface area contributed by atoms with Gasteiger partial charge in [0.1, 0.15) is 30.5 Å². The van der Waals surface area contributed by atoms with Crippen LogP contribution in [0.5, 0.6) is 23.0 Å². The van der Waals surface area contributed by atoms with E-state index < -0.39 is 28.6 Å². The molecule has 0 atom stereocenters. The number of carbonyl (C=O) groups is 4. The number of hydrogen-bond acceptors (Lipinski definition) is 11. The third kappa shape index (κ3) is 11.9. The molecule has 0 unspecified atom stereocenters. The van der Waals surface area contributed by atoms with E-state index in [9.17, 15) is 29.3 Å². The topological polar surface area (TPSA) is 194 Å². The van der Waals surface area contributed by atoms with Gasteiger partial charge in [-0.2, -0.15) is 0 Å². The molecule has 346 valence electrons. The van der Waals surface area contributed by atoms with Gasteiger partial charge in [0.15, 0.2) is 5.75 Å². The first-order valence-electron chi connectivity index (χ1n) is 21.7. The molecule has 0 saturated carbocycles. The molecule has 3 N–H and O–H groups in total. The Balaban J connectivity index is 1.18. The summed E-state index contributed by atoms with van der Waals surface area (Å²) in [5.41, 5.74) is 2.89. The van der Waals surface area contributed by atoms with Gasteiger partial charge in [0.25, 0.3) is 17.7 Å². The minimum atomic E-state index is -0.595. The maximum atomic E-state index is 14.2. The van der Waals surface area contributed by atoms with Gasteiger partial charge in [-0.3, -0.25) is 24.5 Å². The molecule has 7 aromatic rings. The number of methoxy groups -OCH3 is 1. The summed E-state index contributed by atoms with van der Waals surface area (Å²) in [6.45, 7) is 5.90. The standard InChI is InChI=1S/C53H48N4O11/c1-5-25-65-49-29-40(20-24-45(49)57(62)63)52(60)55-42-21-17-38(27-46(42)66-31-34-11-7-6-8-12-34)50(58)54-43-22-18-39(28-47(43)67-32-35-15-16-36-13-9-10-14-37(36)26-35)51(59)56-44-23-19-41(53(61)64-4)30-48(44)68-33(2)3/h6-24,26-30,33H,5,25,31-32H2,1-4H3,(H,54,58)(H,55,60)(H,56,59). The normalized spacial score (nSPS) is 10.8. The molecular formula is C53H48N4O11. The Bertz CT molecular complexity index is 2990. The summed E-state index contributed by atoms with van der Waals surface area (Å²) in [4.78, 5) is 65.0. The highest BCUT2D eigenvalue weighted by atomic mass is 16.6. The summed E-state index contributed by atoms with van der Waals surface area (Å²) < 4.78 is 28.9. The van der Waals surface area contributed by atoms with Gasteiger partial charge in [-0.15, -0.1) is 0 Å². The van der Waals surface area contributed by atoms with E-state index in [1.807, 2.05) is 93.6 Å². The van der Waals surface area contributed by atoms with Crippen molar-refractivity contribution in [2.24, 2.45) is 0 Å². The Labute approximate surface area is 392 Å². The second kappa shape index (κ2) is 22.0. The molecule has 0 aliphatic rings. The highest BCUT2D eigenvalue weighted by molar-refractivity contribution is 6.09. The molecule has 0 saturated heterocycles. The molecule has 7 aromatic carbocycles. The minimum Gasteiger partial charge on any atom is -0.489 e. The Morgan fingerprint density at radius 1 is 0.544 bits per heavy atom. The molecule has 15 heteroatoms. The maximum absolute atomic E-state index is 14.2. The summed E-state index contributed by atoms with van der Waals surface area (Å²) in [6.07, 6.45) is 0.324. The fourth-order valence-electron chi connectivity index (χ4n) is 6.94. The van der Waals surface area contributed by atoms with Crippen LogP contribution >= 0.6 is 0 Å². The van der Waals surface area contributed by atoms with Crippen molar-refractivity contribution >= 4 is 57.2 Å². The number of anilines is 3. The Morgan fingerprint density at radius 2 is 1.04 bits per heavy atom. The fourth-order valence-corrected chi connectivity index (χ4v) is 6.94. The molecule has 0 aliphatic heterocycles. The van der Waals surface area contributed by atoms with Crippen molar-refractivity contribution in [3.63, 3.8) is 0 Å². The summed E-state index contributed by atoms with van der Waals surface area (Å²) in [6, 6.07) is 40.7. The lowest BCUT2D eigenvalue weighted by molar-refractivity contribution is -0.385. The lowest BCUT2D eigenvalue weighted by Gasteiger charge is -2.18. The van der Waals surface area contributed by atoms with Crippen LogP contribution in [0.2, 0.25) is 0 Å². The van der Waals surface area contributed by atoms with Gasteiger partial charge in [0.05, 0.1) is 47.4 Å². The van der Waals surface area contributed by atoms with Crippen LogP contribution in [-0.2, 0) is 18.0 Å². The first-order chi connectivity index (χ1) is 32.9. The number of esters is 1. The molecular weight excluding hydrogens is 869 g/mol. The molecule has 0 radical (unpaired) electrons. The van der Waals surface area contributed by atoms with E-state index in [4.69, 9.17) is 23.7 Å². The Morgan fingerprint density at radius 3 is 1.60 bits per heavy atom. The minimum absolute atomic E-state index is 0.0384. The van der Waals surface area contributed by atoms with E-state index in [0.717, 1.165) is 21.9 Å². The summed E-state index contributed by atoms with van der Waals surface area (Å²) in [5.74, 6) is -1.65. The van der Waals surface area contributed by atoms with Gasteiger partial charge in [-0.1, -0.05) is 73.7 Å². The lowest BCUT2D eigenvalue weighted by Crippen LogP contribution is -2.17. The van der Waals surface area contributed by atoms with Gasteiger partial charge in [0.2, 0.25) is 0 Å². The highest BCUT2D eigenvalue weighted by Crippen LogP contribution is 2.34. The third-order valence-corrected chi connectivity index (χ3v) is 10.3. The molecule has 0 bridgehead atoms. The van der Waals surface area contributed by atoms with Crippen molar-refractivity contribution in [2.75, 3.05) is 29.7 Å². The second-order valence-electron chi connectivity index (χ2n) is 15.7. The SMILES string of the molecule is CCCOc1cc(C(=O)Nc2ccc(C(=O)Nc3ccc(C(=O)Nc4ccc(C(=O)OC)cc4OC(C)C)cc3OCc3ccc4ccccc4c3)cc2OCc2ccccc2)ccc1[N+](=O)[O-]. The number of amides is 3. The lowest BCUT2D eigenvalue weighted by atomic mass is 10.1. The molecule has 0 aromatic heterocycles. The number of fused-ring (bicyclic) bond motifs is 1. The zero-order valence-electron chi connectivity index (χ0n) is 37.7.